The molecular weight excluding hydrogens is 218 g/mol. The van der Waals surface area contributed by atoms with Gasteiger partial charge in [0.15, 0.2) is 5.12 Å². The summed E-state index contributed by atoms with van der Waals surface area (Å²) in [6, 6.07) is 0. The molecule has 2 atom stereocenters. The third-order valence-electron chi connectivity index (χ3n) is 2.83. The van der Waals surface area contributed by atoms with Crippen LogP contribution in [0.4, 0.5) is 8.78 Å². The highest BCUT2D eigenvalue weighted by Gasteiger charge is 2.57. The summed E-state index contributed by atoms with van der Waals surface area (Å²) in [5, 5.41) is -3.46. The summed E-state index contributed by atoms with van der Waals surface area (Å²) in [5.74, 6) is -0.124. The van der Waals surface area contributed by atoms with Crippen molar-refractivity contribution in [1.29, 1.82) is 0 Å². The van der Waals surface area contributed by atoms with Gasteiger partial charge < -0.3 is 0 Å². The highest BCUT2D eigenvalue weighted by atomic mass is 35.5. The van der Waals surface area contributed by atoms with Crippen molar-refractivity contribution < 1.29 is 13.6 Å². The minimum absolute atomic E-state index is 0.162. The zero-order chi connectivity index (χ0) is 10.3. The van der Waals surface area contributed by atoms with E-state index in [9.17, 15) is 13.6 Å². The normalized spacial score (nSPS) is 28.1. The number of carbonyl (C=O) groups is 1. The fourth-order valence-electron chi connectivity index (χ4n) is 1.32. The Hall–Kier alpha value is 0.170. The van der Waals surface area contributed by atoms with Crippen LogP contribution in [0.15, 0.2) is 0 Å². The van der Waals surface area contributed by atoms with Gasteiger partial charge in [-0.25, -0.2) is 0 Å². The average Bonchev–Trinajstić information content (AvgIpc) is 1.99. The van der Waals surface area contributed by atoms with Gasteiger partial charge in [-0.2, -0.15) is 8.78 Å². The Balaban J connectivity index is 2.87. The predicted molar refractivity (Wildman–Crippen MR) is 50.2 cm³/mol. The lowest BCUT2D eigenvalue weighted by Crippen LogP contribution is -2.48. The van der Waals surface area contributed by atoms with Crippen molar-refractivity contribution >= 4 is 28.5 Å². The summed E-state index contributed by atoms with van der Waals surface area (Å²) in [7, 11) is 0. The van der Waals surface area contributed by atoms with Gasteiger partial charge in [-0.3, -0.25) is 4.79 Å². The first-order valence-electron chi connectivity index (χ1n) is 4.06. The van der Waals surface area contributed by atoms with Gasteiger partial charge in [-0.05, 0) is 18.0 Å². The van der Waals surface area contributed by atoms with Crippen LogP contribution in [0.2, 0.25) is 0 Å². The zero-order valence-corrected chi connectivity index (χ0v) is 9.01. The Morgan fingerprint density at radius 2 is 2.23 bits per heavy atom. The Kier molecular flexibility index (Phi) is 2.93. The maximum atomic E-state index is 13.0. The van der Waals surface area contributed by atoms with Gasteiger partial charge in [0, 0.05) is 5.75 Å². The van der Waals surface area contributed by atoms with Gasteiger partial charge in [-0.1, -0.05) is 25.6 Å². The van der Waals surface area contributed by atoms with Gasteiger partial charge >= 0.3 is 5.38 Å². The molecule has 0 saturated carbocycles. The SMILES string of the molecule is CCC(C)(C1CSC1=O)C(F)(F)Cl. The molecule has 0 aromatic heterocycles. The zero-order valence-electron chi connectivity index (χ0n) is 7.44. The van der Waals surface area contributed by atoms with E-state index in [0.717, 1.165) is 11.8 Å². The lowest BCUT2D eigenvalue weighted by Gasteiger charge is -2.42. The molecule has 1 saturated heterocycles. The highest BCUT2D eigenvalue weighted by molar-refractivity contribution is 8.15. The molecule has 1 rings (SSSR count). The van der Waals surface area contributed by atoms with Crippen LogP contribution in [0.1, 0.15) is 20.3 Å². The van der Waals surface area contributed by atoms with Crippen molar-refractivity contribution in [1.82, 2.24) is 0 Å². The minimum atomic E-state index is -3.30. The fraction of sp³-hybridized carbons (Fsp3) is 0.875. The van der Waals surface area contributed by atoms with Crippen LogP contribution in [0, 0.1) is 11.3 Å². The van der Waals surface area contributed by atoms with E-state index in [1.54, 1.807) is 6.92 Å². The van der Waals surface area contributed by atoms with Crippen LogP contribution in [0.5, 0.6) is 0 Å². The Morgan fingerprint density at radius 1 is 1.69 bits per heavy atom. The van der Waals surface area contributed by atoms with E-state index < -0.39 is 16.7 Å². The summed E-state index contributed by atoms with van der Waals surface area (Å²) in [4.78, 5) is 11.1. The molecule has 0 aromatic rings. The van der Waals surface area contributed by atoms with Gasteiger partial charge in [0.2, 0.25) is 0 Å². The number of hydrogen-bond acceptors (Lipinski definition) is 2. The summed E-state index contributed by atoms with van der Waals surface area (Å²) >= 11 is 6.11. The molecule has 5 heteroatoms. The van der Waals surface area contributed by atoms with Crippen molar-refractivity contribution in [2.75, 3.05) is 5.75 Å². The van der Waals surface area contributed by atoms with Crippen LogP contribution in [-0.2, 0) is 4.79 Å². The summed E-state index contributed by atoms with van der Waals surface area (Å²) in [6.45, 7) is 3.01. The average molecular weight is 229 g/mol. The molecule has 2 unspecified atom stereocenters. The number of hydrogen-bond donors (Lipinski definition) is 0. The Bertz CT molecular complexity index is 229. The van der Waals surface area contributed by atoms with Crippen molar-refractivity contribution in [2.24, 2.45) is 11.3 Å². The molecule has 1 aliphatic heterocycles. The van der Waals surface area contributed by atoms with Crippen molar-refractivity contribution in [3.63, 3.8) is 0 Å². The van der Waals surface area contributed by atoms with Gasteiger partial charge in [-0.15, -0.1) is 0 Å². The summed E-state index contributed by atoms with van der Waals surface area (Å²) in [6.07, 6.45) is 0.209. The summed E-state index contributed by atoms with van der Waals surface area (Å²) in [5.41, 5.74) is -1.39. The monoisotopic (exact) mass is 228 g/mol. The molecule has 0 N–H and O–H groups in total. The number of thioether (sulfide) groups is 1. The molecular formula is C8H11ClF2OS. The third kappa shape index (κ3) is 1.71. The van der Waals surface area contributed by atoms with Crippen molar-refractivity contribution in [3.8, 4) is 0 Å². The van der Waals surface area contributed by atoms with E-state index in [2.05, 4.69) is 0 Å². The second kappa shape index (κ2) is 3.39. The predicted octanol–water partition coefficient (Wildman–Crippen LogP) is 3.12. The number of alkyl halides is 3. The largest absolute Gasteiger partial charge is 0.327 e. The molecule has 0 spiro atoms. The maximum Gasteiger partial charge on any atom is 0.327 e. The number of rotatable bonds is 3. The molecule has 0 amide bonds. The highest BCUT2D eigenvalue weighted by Crippen LogP contribution is 2.53. The first kappa shape index (κ1) is 11.2. The van der Waals surface area contributed by atoms with E-state index in [4.69, 9.17) is 11.6 Å². The maximum absolute atomic E-state index is 13.0. The van der Waals surface area contributed by atoms with Crippen LogP contribution in [0.3, 0.4) is 0 Å². The van der Waals surface area contributed by atoms with E-state index in [0.29, 0.717) is 5.75 Å². The lowest BCUT2D eigenvalue weighted by molar-refractivity contribution is -0.129. The number of carbonyl (C=O) groups excluding carboxylic acids is 1. The fourth-order valence-corrected chi connectivity index (χ4v) is 2.69. The van der Waals surface area contributed by atoms with E-state index in [1.165, 1.54) is 6.92 Å². The van der Waals surface area contributed by atoms with E-state index in [-0.39, 0.29) is 11.5 Å². The first-order chi connectivity index (χ1) is 5.83. The topological polar surface area (TPSA) is 17.1 Å². The quantitative estimate of drug-likeness (QED) is 0.691. The molecule has 13 heavy (non-hydrogen) atoms. The van der Waals surface area contributed by atoms with Crippen LogP contribution < -0.4 is 0 Å². The molecule has 1 aliphatic rings. The first-order valence-corrected chi connectivity index (χ1v) is 5.42. The lowest BCUT2D eigenvalue weighted by atomic mass is 9.76. The molecule has 0 aliphatic carbocycles. The molecule has 0 radical (unpaired) electrons. The molecule has 0 aromatic carbocycles. The van der Waals surface area contributed by atoms with Crippen molar-refractivity contribution in [2.45, 2.75) is 25.7 Å². The molecule has 76 valence electrons. The summed E-state index contributed by atoms with van der Waals surface area (Å²) < 4.78 is 26.0. The van der Waals surface area contributed by atoms with Crippen LogP contribution in [0.25, 0.3) is 0 Å². The van der Waals surface area contributed by atoms with Crippen LogP contribution >= 0.6 is 23.4 Å². The van der Waals surface area contributed by atoms with Gasteiger partial charge in [0.05, 0.1) is 11.3 Å². The van der Waals surface area contributed by atoms with Gasteiger partial charge in [0.25, 0.3) is 0 Å². The standard InChI is InChI=1S/C8H11ClF2OS/c1-3-7(2,8(9,10)11)5-4-13-6(5)12/h5H,3-4H2,1-2H3. The third-order valence-corrected chi connectivity index (χ3v) is 4.33. The second-order valence-electron chi connectivity index (χ2n) is 3.45. The van der Waals surface area contributed by atoms with Crippen LogP contribution in [-0.4, -0.2) is 16.2 Å². The van der Waals surface area contributed by atoms with E-state index >= 15 is 0 Å². The molecule has 1 fully saturated rings. The smallest absolute Gasteiger partial charge is 0.287 e. The minimum Gasteiger partial charge on any atom is -0.287 e. The molecule has 0 bridgehead atoms. The van der Waals surface area contributed by atoms with Gasteiger partial charge in [0.1, 0.15) is 0 Å². The van der Waals surface area contributed by atoms with Crippen molar-refractivity contribution in [3.05, 3.63) is 0 Å². The Morgan fingerprint density at radius 3 is 2.31 bits per heavy atom. The molecule has 1 nitrogen and oxygen atoms in total. The number of halogens is 3. The Labute approximate surface area is 85.2 Å². The second-order valence-corrected chi connectivity index (χ2v) is 4.95. The molecule has 1 heterocycles. The van der Waals surface area contributed by atoms with E-state index in [1.807, 2.05) is 0 Å².